The van der Waals surface area contributed by atoms with Crippen LogP contribution in [0.5, 0.6) is 0 Å². The maximum absolute atomic E-state index is 5.99. The predicted octanol–water partition coefficient (Wildman–Crippen LogP) is 1.75. The minimum Gasteiger partial charge on any atom is -0.373 e. The lowest BCUT2D eigenvalue weighted by Crippen LogP contribution is -2.32. The van der Waals surface area contributed by atoms with Crippen LogP contribution in [-0.4, -0.2) is 36.0 Å². The van der Waals surface area contributed by atoms with Crippen molar-refractivity contribution in [3.05, 3.63) is 12.8 Å². The van der Waals surface area contributed by atoms with Crippen molar-refractivity contribution in [3.8, 4) is 0 Å². The highest BCUT2D eigenvalue weighted by Gasteiger charge is 2.49. The first-order valence-electron chi connectivity index (χ1n) is 5.45. The summed E-state index contributed by atoms with van der Waals surface area (Å²) < 4.78 is 12.0. The van der Waals surface area contributed by atoms with Crippen molar-refractivity contribution in [1.82, 2.24) is 4.90 Å². The first-order valence-corrected chi connectivity index (χ1v) is 5.45. The molecular formula is C11H19NO2. The third-order valence-corrected chi connectivity index (χ3v) is 3.31. The number of hydrogen-bond donors (Lipinski definition) is 0. The van der Waals surface area contributed by atoms with Gasteiger partial charge < -0.3 is 14.4 Å². The predicted molar refractivity (Wildman–Crippen MR) is 54.8 cm³/mol. The van der Waals surface area contributed by atoms with E-state index in [4.69, 9.17) is 9.47 Å². The van der Waals surface area contributed by atoms with Crippen LogP contribution in [0.2, 0.25) is 0 Å². The Hall–Kier alpha value is -0.540. The van der Waals surface area contributed by atoms with Gasteiger partial charge in [-0.1, -0.05) is 20.4 Å². The molecule has 0 unspecified atom stereocenters. The SMILES string of the molecule is C=CN1C[C@H]2OC(CC)(CC)O[C@@H]2C1. The number of hydrogen-bond acceptors (Lipinski definition) is 3. The number of ether oxygens (including phenoxy) is 2. The van der Waals surface area contributed by atoms with Gasteiger partial charge in [-0.2, -0.15) is 0 Å². The van der Waals surface area contributed by atoms with Gasteiger partial charge in [0.25, 0.3) is 0 Å². The van der Waals surface area contributed by atoms with E-state index in [2.05, 4.69) is 25.3 Å². The summed E-state index contributed by atoms with van der Waals surface area (Å²) in [6.07, 6.45) is 4.22. The molecule has 80 valence electrons. The first-order chi connectivity index (χ1) is 6.73. The quantitative estimate of drug-likeness (QED) is 0.688. The van der Waals surface area contributed by atoms with Crippen LogP contribution >= 0.6 is 0 Å². The monoisotopic (exact) mass is 197 g/mol. The molecule has 2 fully saturated rings. The Kier molecular flexibility index (Phi) is 2.54. The maximum atomic E-state index is 5.99. The average molecular weight is 197 g/mol. The molecule has 3 nitrogen and oxygen atoms in total. The smallest absolute Gasteiger partial charge is 0.168 e. The van der Waals surface area contributed by atoms with Crippen LogP contribution in [0.3, 0.4) is 0 Å². The minimum absolute atomic E-state index is 0.243. The van der Waals surface area contributed by atoms with Gasteiger partial charge in [-0.3, -0.25) is 0 Å². The standard InChI is InChI=1S/C11H19NO2/c1-4-11(5-2)13-9-7-12(6-3)8-10(9)14-11/h6,9-10H,3-5,7-8H2,1-2H3/t9-,10-/m1/s1. The van der Waals surface area contributed by atoms with E-state index in [-0.39, 0.29) is 18.0 Å². The second-order valence-electron chi connectivity index (χ2n) is 4.07. The molecule has 0 aromatic rings. The molecule has 0 N–H and O–H groups in total. The molecular weight excluding hydrogens is 178 g/mol. The number of likely N-dealkylation sites (tertiary alicyclic amines) is 1. The molecule has 0 spiro atoms. The Labute approximate surface area is 85.7 Å². The summed E-state index contributed by atoms with van der Waals surface area (Å²) >= 11 is 0. The molecule has 2 saturated heterocycles. The minimum atomic E-state index is -0.303. The topological polar surface area (TPSA) is 21.7 Å². The lowest BCUT2D eigenvalue weighted by molar-refractivity contribution is -0.185. The van der Waals surface area contributed by atoms with Gasteiger partial charge in [0.1, 0.15) is 12.2 Å². The van der Waals surface area contributed by atoms with Crippen molar-refractivity contribution in [2.75, 3.05) is 13.1 Å². The summed E-state index contributed by atoms with van der Waals surface area (Å²) in [5, 5.41) is 0. The highest BCUT2D eigenvalue weighted by molar-refractivity contribution is 4.96. The van der Waals surface area contributed by atoms with E-state index in [0.717, 1.165) is 25.9 Å². The number of nitrogens with zero attached hydrogens (tertiary/aromatic N) is 1. The van der Waals surface area contributed by atoms with Crippen LogP contribution in [0, 0.1) is 0 Å². The largest absolute Gasteiger partial charge is 0.373 e. The Morgan fingerprint density at radius 2 is 1.79 bits per heavy atom. The van der Waals surface area contributed by atoms with Gasteiger partial charge in [0.2, 0.25) is 0 Å². The summed E-state index contributed by atoms with van der Waals surface area (Å²) in [6, 6.07) is 0. The van der Waals surface area contributed by atoms with E-state index in [0.29, 0.717) is 0 Å². The maximum Gasteiger partial charge on any atom is 0.168 e. The average Bonchev–Trinajstić information content (AvgIpc) is 2.72. The van der Waals surface area contributed by atoms with Crippen LogP contribution in [0.15, 0.2) is 12.8 Å². The van der Waals surface area contributed by atoms with E-state index in [1.54, 1.807) is 0 Å². The molecule has 0 bridgehead atoms. The molecule has 0 saturated carbocycles. The van der Waals surface area contributed by atoms with Crippen LogP contribution in [0.25, 0.3) is 0 Å². The molecule has 2 rings (SSSR count). The number of rotatable bonds is 3. The molecule has 0 aliphatic carbocycles. The lowest BCUT2D eigenvalue weighted by Gasteiger charge is -2.27. The highest BCUT2D eigenvalue weighted by atomic mass is 16.8. The molecule has 2 aliphatic heterocycles. The normalized spacial score (nSPS) is 34.6. The van der Waals surface area contributed by atoms with Gasteiger partial charge in [0.05, 0.1) is 0 Å². The summed E-state index contributed by atoms with van der Waals surface area (Å²) in [6.45, 7) is 9.86. The van der Waals surface area contributed by atoms with Crippen LogP contribution in [0.1, 0.15) is 26.7 Å². The van der Waals surface area contributed by atoms with Gasteiger partial charge in [0, 0.05) is 13.1 Å². The van der Waals surface area contributed by atoms with Crippen molar-refractivity contribution in [2.45, 2.75) is 44.7 Å². The second kappa shape index (κ2) is 3.55. The van der Waals surface area contributed by atoms with Crippen LogP contribution < -0.4 is 0 Å². The van der Waals surface area contributed by atoms with Crippen LogP contribution in [-0.2, 0) is 9.47 Å². The highest BCUT2D eigenvalue weighted by Crippen LogP contribution is 2.37. The molecule has 2 atom stereocenters. The fraction of sp³-hybridized carbons (Fsp3) is 0.818. The molecule has 0 aromatic carbocycles. The summed E-state index contributed by atoms with van der Waals surface area (Å²) in [7, 11) is 0. The molecule has 0 amide bonds. The van der Waals surface area contributed by atoms with E-state index >= 15 is 0 Å². The summed E-state index contributed by atoms with van der Waals surface area (Å²) in [5.41, 5.74) is 0. The zero-order valence-corrected chi connectivity index (χ0v) is 9.03. The van der Waals surface area contributed by atoms with Crippen molar-refractivity contribution < 1.29 is 9.47 Å². The van der Waals surface area contributed by atoms with Crippen LogP contribution in [0.4, 0.5) is 0 Å². The molecule has 2 aliphatic rings. The van der Waals surface area contributed by atoms with Gasteiger partial charge >= 0.3 is 0 Å². The van der Waals surface area contributed by atoms with E-state index in [1.165, 1.54) is 0 Å². The Morgan fingerprint density at radius 1 is 1.29 bits per heavy atom. The lowest BCUT2D eigenvalue weighted by atomic mass is 10.1. The summed E-state index contributed by atoms with van der Waals surface area (Å²) in [5.74, 6) is -0.303. The third kappa shape index (κ3) is 1.44. The summed E-state index contributed by atoms with van der Waals surface area (Å²) in [4.78, 5) is 2.16. The van der Waals surface area contributed by atoms with Gasteiger partial charge in [-0.25, -0.2) is 0 Å². The molecule has 0 radical (unpaired) electrons. The fourth-order valence-electron chi connectivity index (χ4n) is 2.31. The van der Waals surface area contributed by atoms with Crippen molar-refractivity contribution in [2.24, 2.45) is 0 Å². The zero-order valence-electron chi connectivity index (χ0n) is 9.03. The number of fused-ring (bicyclic) bond motifs is 1. The van der Waals surface area contributed by atoms with E-state index < -0.39 is 0 Å². The van der Waals surface area contributed by atoms with E-state index in [1.807, 2.05) is 6.20 Å². The van der Waals surface area contributed by atoms with Gasteiger partial charge in [0.15, 0.2) is 5.79 Å². The Bertz CT molecular complexity index is 209. The van der Waals surface area contributed by atoms with Crippen molar-refractivity contribution >= 4 is 0 Å². The zero-order chi connectivity index (χ0) is 10.2. The first kappa shape index (κ1) is 9.99. The van der Waals surface area contributed by atoms with E-state index in [9.17, 15) is 0 Å². The Morgan fingerprint density at radius 3 is 2.14 bits per heavy atom. The fourth-order valence-corrected chi connectivity index (χ4v) is 2.31. The van der Waals surface area contributed by atoms with Crippen molar-refractivity contribution in [3.63, 3.8) is 0 Å². The van der Waals surface area contributed by atoms with Gasteiger partial charge in [-0.15, -0.1) is 0 Å². The third-order valence-electron chi connectivity index (χ3n) is 3.31. The molecule has 3 heteroatoms. The molecule has 2 heterocycles. The second-order valence-corrected chi connectivity index (χ2v) is 4.07. The van der Waals surface area contributed by atoms with Gasteiger partial charge in [-0.05, 0) is 19.0 Å². The molecule has 14 heavy (non-hydrogen) atoms. The van der Waals surface area contributed by atoms with Crippen molar-refractivity contribution in [1.29, 1.82) is 0 Å². The molecule has 0 aromatic heterocycles. The Balaban J connectivity index is 2.01.